The summed E-state index contributed by atoms with van der Waals surface area (Å²) in [5.74, 6) is -0.524. The lowest BCUT2D eigenvalue weighted by Gasteiger charge is -2.30. The highest BCUT2D eigenvalue weighted by atomic mass is 16.2. The number of hydrogen-bond donors (Lipinski definition) is 1. The van der Waals surface area contributed by atoms with Gasteiger partial charge in [-0.3, -0.25) is 9.59 Å². The van der Waals surface area contributed by atoms with Gasteiger partial charge in [0.1, 0.15) is 0 Å². The number of Topliss-reactive ketones (excluding diaryl/α,β-unsaturated/α-hetero) is 2. The van der Waals surface area contributed by atoms with Crippen molar-refractivity contribution in [3.05, 3.63) is 166 Å². The van der Waals surface area contributed by atoms with Gasteiger partial charge in [0.2, 0.25) is 0 Å². The van der Waals surface area contributed by atoms with Crippen LogP contribution >= 0.6 is 0 Å². The molecule has 3 aromatic rings. The van der Waals surface area contributed by atoms with E-state index >= 15 is 0 Å². The lowest BCUT2D eigenvalue weighted by molar-refractivity contribution is 0.0990. The number of carbonyl (C=O) groups is 2. The predicted molar refractivity (Wildman–Crippen MR) is 212 cm³/mol. The van der Waals surface area contributed by atoms with E-state index in [0.717, 1.165) is 39.4 Å². The summed E-state index contributed by atoms with van der Waals surface area (Å²) in [7, 11) is 0. The Hall–Kier alpha value is -5.28. The summed E-state index contributed by atoms with van der Waals surface area (Å²) in [5, 5.41) is 2.13. The summed E-state index contributed by atoms with van der Waals surface area (Å²) < 4.78 is 0. The number of carbonyl (C=O) groups excluding carboxylic acids is 2. The van der Waals surface area contributed by atoms with Crippen LogP contribution in [0.3, 0.4) is 0 Å². The highest BCUT2D eigenvalue weighted by molar-refractivity contribution is 6.41. The van der Waals surface area contributed by atoms with Crippen molar-refractivity contribution in [3.63, 3.8) is 0 Å². The third-order valence-electron chi connectivity index (χ3n) is 9.65. The van der Waals surface area contributed by atoms with Gasteiger partial charge in [-0.2, -0.15) is 0 Å². The molecule has 0 saturated heterocycles. The van der Waals surface area contributed by atoms with Crippen molar-refractivity contribution < 1.29 is 9.59 Å². The molecule has 250 valence electrons. The highest BCUT2D eigenvalue weighted by Gasteiger charge is 2.34. The monoisotopic (exact) mass is 647 g/mol. The molecule has 49 heavy (non-hydrogen) atoms. The fourth-order valence-electron chi connectivity index (χ4n) is 6.23. The van der Waals surface area contributed by atoms with Crippen LogP contribution in [0.5, 0.6) is 0 Å². The van der Waals surface area contributed by atoms with Crippen LogP contribution in [0.25, 0.3) is 35.1 Å². The quantitative estimate of drug-likeness (QED) is 0.150. The second kappa shape index (κ2) is 15.3. The van der Waals surface area contributed by atoms with Crippen LogP contribution in [0, 0.1) is 5.41 Å². The van der Waals surface area contributed by atoms with Crippen LogP contribution in [0.2, 0.25) is 0 Å². The second-order valence-electron chi connectivity index (χ2n) is 13.3. The Kier molecular flexibility index (Phi) is 11.4. The topological polar surface area (TPSA) is 60.2 Å². The largest absolute Gasteiger partial charge is 0.405 e. The Labute approximate surface area is 293 Å². The van der Waals surface area contributed by atoms with E-state index < -0.39 is 0 Å². The molecule has 3 nitrogen and oxygen atoms in total. The molecule has 0 amide bonds. The van der Waals surface area contributed by atoms with E-state index in [-0.39, 0.29) is 28.0 Å². The molecule has 0 spiro atoms. The molecule has 2 aliphatic rings. The second-order valence-corrected chi connectivity index (χ2v) is 13.3. The van der Waals surface area contributed by atoms with Gasteiger partial charge >= 0.3 is 0 Å². The zero-order valence-corrected chi connectivity index (χ0v) is 30.1. The molecule has 0 radical (unpaired) electrons. The first kappa shape index (κ1) is 36.6. The molecule has 0 heterocycles. The third kappa shape index (κ3) is 7.42. The van der Waals surface area contributed by atoms with Crippen molar-refractivity contribution >= 4 is 46.6 Å². The van der Waals surface area contributed by atoms with E-state index in [9.17, 15) is 9.59 Å². The summed E-state index contributed by atoms with van der Waals surface area (Å²) >= 11 is 0. The van der Waals surface area contributed by atoms with Crippen molar-refractivity contribution in [2.24, 2.45) is 11.1 Å². The molecule has 0 saturated carbocycles. The molecule has 2 N–H and O–H groups in total. The van der Waals surface area contributed by atoms with Crippen molar-refractivity contribution in [1.29, 1.82) is 0 Å². The third-order valence-corrected chi connectivity index (χ3v) is 9.65. The van der Waals surface area contributed by atoms with Gasteiger partial charge in [0.15, 0.2) is 11.6 Å². The summed E-state index contributed by atoms with van der Waals surface area (Å²) in [5.41, 5.74) is 13.5. The van der Waals surface area contributed by atoms with E-state index in [2.05, 4.69) is 121 Å². The molecule has 0 bridgehead atoms. The summed E-state index contributed by atoms with van der Waals surface area (Å²) in [4.78, 5) is 26.8. The van der Waals surface area contributed by atoms with Gasteiger partial charge in [-0.25, -0.2) is 0 Å². The molecular formula is C46H49NO2. The Morgan fingerprint density at radius 2 is 1.49 bits per heavy atom. The first-order chi connectivity index (χ1) is 23.4. The van der Waals surface area contributed by atoms with Crippen LogP contribution in [-0.2, 0) is 5.41 Å². The molecule has 3 heteroatoms. The van der Waals surface area contributed by atoms with Crippen LogP contribution in [0.4, 0.5) is 0 Å². The van der Waals surface area contributed by atoms with E-state index in [1.54, 1.807) is 36.6 Å². The summed E-state index contributed by atoms with van der Waals surface area (Å²) in [6.07, 6.45) is 26.6. The van der Waals surface area contributed by atoms with E-state index in [1.807, 2.05) is 26.0 Å². The number of fused-ring (bicyclic) bond motifs is 3. The summed E-state index contributed by atoms with van der Waals surface area (Å²) in [6, 6.07) is 14.0. The van der Waals surface area contributed by atoms with Crippen molar-refractivity contribution in [2.75, 3.05) is 0 Å². The van der Waals surface area contributed by atoms with Gasteiger partial charge < -0.3 is 5.73 Å². The molecule has 0 fully saturated rings. The number of hydrogen-bond acceptors (Lipinski definition) is 3. The lowest BCUT2D eigenvalue weighted by Crippen LogP contribution is -2.21. The van der Waals surface area contributed by atoms with Crippen LogP contribution in [0.15, 0.2) is 127 Å². The first-order valence-electron chi connectivity index (χ1n) is 17.1. The van der Waals surface area contributed by atoms with Crippen molar-refractivity contribution in [1.82, 2.24) is 0 Å². The zero-order chi connectivity index (χ0) is 35.9. The van der Waals surface area contributed by atoms with Gasteiger partial charge in [0.05, 0.1) is 5.57 Å². The average Bonchev–Trinajstić information content (AvgIpc) is 3.33. The van der Waals surface area contributed by atoms with Crippen LogP contribution in [0.1, 0.15) is 103 Å². The maximum Gasteiger partial charge on any atom is 0.197 e. The number of benzene rings is 3. The Morgan fingerprint density at radius 3 is 2.08 bits per heavy atom. The van der Waals surface area contributed by atoms with Crippen LogP contribution < -0.4 is 5.73 Å². The van der Waals surface area contributed by atoms with Crippen molar-refractivity contribution in [2.45, 2.75) is 60.3 Å². The van der Waals surface area contributed by atoms with Gasteiger partial charge in [-0.1, -0.05) is 135 Å². The molecule has 0 atom stereocenters. The molecule has 0 unspecified atom stereocenters. The number of allylic oxidation sites excluding steroid dienone is 11. The maximum absolute atomic E-state index is 13.4. The molecule has 3 aromatic carbocycles. The smallest absolute Gasteiger partial charge is 0.197 e. The normalized spacial score (nSPS) is 17.7. The molecule has 5 rings (SSSR count). The van der Waals surface area contributed by atoms with Crippen molar-refractivity contribution in [3.8, 4) is 0 Å². The highest BCUT2D eigenvalue weighted by Crippen LogP contribution is 2.39. The molecule has 0 aromatic heterocycles. The number of ketones is 2. The van der Waals surface area contributed by atoms with Crippen LogP contribution in [-0.4, -0.2) is 11.6 Å². The fourth-order valence-corrected chi connectivity index (χ4v) is 6.23. The zero-order valence-electron chi connectivity index (χ0n) is 30.1. The minimum Gasteiger partial charge on any atom is -0.405 e. The average molecular weight is 648 g/mol. The minimum atomic E-state index is -0.310. The minimum absolute atomic E-state index is 0.0155. The van der Waals surface area contributed by atoms with E-state index in [1.165, 1.54) is 16.7 Å². The van der Waals surface area contributed by atoms with E-state index in [0.29, 0.717) is 11.1 Å². The molecule has 2 aliphatic carbocycles. The fraction of sp³-hybridized carbons (Fsp3) is 0.217. The standard InChI is InChI=1S/C44H43NO2.C2H6/c1-8-30-26-37-38(27-31(30)9-2)42(47)39(41(37)46)24-29-20-21-32-25-33-15-11-12-16-36(44(6,7)40(33)28-34(32)23-29)18-13-17-35(19-14-22-45)43(4,5)10-3;1-2/h8-9,11-28H,1-2,10,45H2,3-7H3;1-2H3/b15-11-,16-12-,17-13-,22-14+,35-19+,36-18-;. The molecular weight excluding hydrogens is 599 g/mol. The lowest BCUT2D eigenvalue weighted by atomic mass is 9.73. The van der Waals surface area contributed by atoms with Gasteiger partial charge in [0.25, 0.3) is 0 Å². The van der Waals surface area contributed by atoms with E-state index in [4.69, 9.17) is 5.73 Å². The SMILES string of the molecule is C=Cc1cc2c(cc1C=C)C(=O)C(=Cc1ccc3cc4c(cc3c1)C(C)(C)C(=C\C=C/C(=C\C=C\N)C(C)(C)CC)/C=C\C=C/4)C2=O.CC. The Morgan fingerprint density at radius 1 is 0.857 bits per heavy atom. The Balaban J connectivity index is 0.00000265. The first-order valence-corrected chi connectivity index (χ1v) is 17.1. The maximum atomic E-state index is 13.4. The molecule has 0 aliphatic heterocycles. The Bertz CT molecular complexity index is 1980. The number of rotatable bonds is 8. The summed E-state index contributed by atoms with van der Waals surface area (Å²) in [6.45, 7) is 22.9. The van der Waals surface area contributed by atoms with Gasteiger partial charge in [0, 0.05) is 16.5 Å². The van der Waals surface area contributed by atoms with Gasteiger partial charge in [-0.15, -0.1) is 0 Å². The number of nitrogens with two attached hydrogens (primary N) is 1. The predicted octanol–water partition coefficient (Wildman–Crippen LogP) is 11.8. The van der Waals surface area contributed by atoms with Gasteiger partial charge in [-0.05, 0) is 110 Å².